The van der Waals surface area contributed by atoms with Gasteiger partial charge in [-0.2, -0.15) is 0 Å². The minimum Gasteiger partial charge on any atom is -0.291 e. The molecule has 0 spiro atoms. The maximum atomic E-state index is 4.66. The number of piperidine rings is 1. The van der Waals surface area contributed by atoms with Crippen LogP contribution in [-0.4, -0.2) is 23.0 Å². The first kappa shape index (κ1) is 16.2. The zero-order valence-corrected chi connectivity index (χ0v) is 14.2. The van der Waals surface area contributed by atoms with E-state index in [1.165, 1.54) is 56.5 Å². The van der Waals surface area contributed by atoms with Crippen molar-refractivity contribution < 1.29 is 0 Å². The molecule has 2 heterocycles. The molecule has 1 aromatic carbocycles. The Morgan fingerprint density at radius 2 is 1.78 bits per heavy atom. The first-order valence-corrected chi connectivity index (χ1v) is 9.08. The number of unbranched alkanes of at least 4 members (excludes halogenated alkanes) is 1. The molecule has 0 aliphatic carbocycles. The van der Waals surface area contributed by atoms with Gasteiger partial charge in [0.2, 0.25) is 0 Å². The zero-order chi connectivity index (χ0) is 15.9. The number of rotatable bonds is 6. The molecule has 0 amide bonds. The summed E-state index contributed by atoms with van der Waals surface area (Å²) < 4.78 is 0. The lowest BCUT2D eigenvalue weighted by molar-refractivity contribution is 0.144. The van der Waals surface area contributed by atoms with Gasteiger partial charge in [-0.15, -0.1) is 0 Å². The average molecular weight is 308 g/mol. The normalized spacial score (nSPS) is 18.0. The predicted molar refractivity (Wildman–Crippen MR) is 96.3 cm³/mol. The van der Waals surface area contributed by atoms with Gasteiger partial charge >= 0.3 is 0 Å². The molecule has 1 aromatic heterocycles. The Morgan fingerprint density at radius 3 is 2.43 bits per heavy atom. The van der Waals surface area contributed by atoms with Gasteiger partial charge in [0, 0.05) is 6.20 Å². The number of benzene rings is 1. The van der Waals surface area contributed by atoms with Crippen LogP contribution in [0.1, 0.15) is 56.3 Å². The third-order valence-electron chi connectivity index (χ3n) is 5.06. The first-order chi connectivity index (χ1) is 11.4. The van der Waals surface area contributed by atoms with E-state index in [1.54, 1.807) is 0 Å². The third-order valence-corrected chi connectivity index (χ3v) is 5.06. The topological polar surface area (TPSA) is 16.1 Å². The van der Waals surface area contributed by atoms with Crippen molar-refractivity contribution in [1.82, 2.24) is 9.88 Å². The van der Waals surface area contributed by atoms with Gasteiger partial charge < -0.3 is 0 Å². The Hall–Kier alpha value is -1.67. The van der Waals surface area contributed by atoms with E-state index in [4.69, 9.17) is 0 Å². The van der Waals surface area contributed by atoms with Crippen LogP contribution in [0.5, 0.6) is 0 Å². The molecule has 1 saturated heterocycles. The standard InChI is InChI=1S/C21H28N2/c1-2-3-9-18-13-16-23(17-14-18)21(19-10-5-4-6-11-19)20-12-7-8-15-22-20/h4-8,10-12,15,18,21H,2-3,9,13-14,16-17H2,1H3. The molecule has 0 N–H and O–H groups in total. The van der Waals surface area contributed by atoms with Crippen LogP contribution in [0.15, 0.2) is 54.7 Å². The van der Waals surface area contributed by atoms with Gasteiger partial charge in [0.15, 0.2) is 0 Å². The van der Waals surface area contributed by atoms with Crippen LogP contribution < -0.4 is 0 Å². The molecule has 2 heteroatoms. The van der Waals surface area contributed by atoms with Gasteiger partial charge in [0.25, 0.3) is 0 Å². The van der Waals surface area contributed by atoms with Crippen molar-refractivity contribution in [3.8, 4) is 0 Å². The van der Waals surface area contributed by atoms with Crippen LogP contribution in [0, 0.1) is 5.92 Å². The SMILES string of the molecule is CCCCC1CCN(C(c2ccccc2)c2ccccn2)CC1. The number of pyridine rings is 1. The van der Waals surface area contributed by atoms with Crippen LogP contribution in [0.25, 0.3) is 0 Å². The molecule has 23 heavy (non-hydrogen) atoms. The predicted octanol–water partition coefficient (Wildman–Crippen LogP) is 5.07. The number of aromatic nitrogens is 1. The lowest BCUT2D eigenvalue weighted by atomic mass is 9.89. The molecule has 1 atom stereocenters. The lowest BCUT2D eigenvalue weighted by Crippen LogP contribution is -2.37. The molecular weight excluding hydrogens is 280 g/mol. The van der Waals surface area contributed by atoms with Crippen LogP contribution in [0.3, 0.4) is 0 Å². The summed E-state index contributed by atoms with van der Waals surface area (Å²) >= 11 is 0. The van der Waals surface area contributed by atoms with Gasteiger partial charge in [0.1, 0.15) is 0 Å². The van der Waals surface area contributed by atoms with E-state index in [9.17, 15) is 0 Å². The summed E-state index contributed by atoms with van der Waals surface area (Å²) in [5, 5.41) is 0. The fourth-order valence-electron chi connectivity index (χ4n) is 3.73. The highest BCUT2D eigenvalue weighted by atomic mass is 15.2. The Morgan fingerprint density at radius 1 is 1.04 bits per heavy atom. The molecule has 2 aromatic rings. The average Bonchev–Trinajstić information content (AvgIpc) is 2.63. The number of hydrogen-bond donors (Lipinski definition) is 0. The second kappa shape index (κ2) is 8.26. The maximum absolute atomic E-state index is 4.66. The largest absolute Gasteiger partial charge is 0.291 e. The fourth-order valence-corrected chi connectivity index (χ4v) is 3.73. The van der Waals surface area contributed by atoms with Crippen LogP contribution in [0.4, 0.5) is 0 Å². The van der Waals surface area contributed by atoms with E-state index < -0.39 is 0 Å². The van der Waals surface area contributed by atoms with E-state index in [0.29, 0.717) is 6.04 Å². The van der Waals surface area contributed by atoms with Crippen molar-refractivity contribution >= 4 is 0 Å². The molecule has 2 nitrogen and oxygen atoms in total. The van der Waals surface area contributed by atoms with E-state index in [-0.39, 0.29) is 0 Å². The number of hydrogen-bond acceptors (Lipinski definition) is 2. The molecule has 1 aliphatic rings. The number of likely N-dealkylation sites (tertiary alicyclic amines) is 1. The van der Waals surface area contributed by atoms with Crippen molar-refractivity contribution in [2.75, 3.05) is 13.1 Å². The summed E-state index contributed by atoms with van der Waals surface area (Å²) in [6.45, 7) is 4.66. The Balaban J connectivity index is 1.75. The first-order valence-electron chi connectivity index (χ1n) is 9.08. The molecule has 1 fully saturated rings. The minimum absolute atomic E-state index is 0.296. The molecule has 0 saturated carbocycles. The summed E-state index contributed by atoms with van der Waals surface area (Å²) in [6, 6.07) is 17.4. The van der Waals surface area contributed by atoms with Crippen LogP contribution in [-0.2, 0) is 0 Å². The Labute approximate surface area is 140 Å². The van der Waals surface area contributed by atoms with Crippen molar-refractivity contribution in [2.45, 2.75) is 45.1 Å². The van der Waals surface area contributed by atoms with Gasteiger partial charge in [-0.05, 0) is 49.5 Å². The Kier molecular flexibility index (Phi) is 5.82. The quantitative estimate of drug-likeness (QED) is 0.740. The van der Waals surface area contributed by atoms with Crippen LogP contribution >= 0.6 is 0 Å². The van der Waals surface area contributed by atoms with Crippen molar-refractivity contribution in [2.24, 2.45) is 5.92 Å². The second-order valence-electron chi connectivity index (χ2n) is 6.69. The second-order valence-corrected chi connectivity index (χ2v) is 6.69. The Bertz CT molecular complexity index is 519. The van der Waals surface area contributed by atoms with Gasteiger partial charge in [-0.3, -0.25) is 9.88 Å². The highest BCUT2D eigenvalue weighted by Crippen LogP contribution is 2.32. The summed E-state index contributed by atoms with van der Waals surface area (Å²) in [6.07, 6.45) is 8.68. The lowest BCUT2D eigenvalue weighted by Gasteiger charge is -2.37. The molecule has 0 bridgehead atoms. The summed E-state index contributed by atoms with van der Waals surface area (Å²) in [5.74, 6) is 0.923. The molecular formula is C21H28N2. The van der Waals surface area contributed by atoms with E-state index in [2.05, 4.69) is 59.3 Å². The van der Waals surface area contributed by atoms with Gasteiger partial charge in [0.05, 0.1) is 11.7 Å². The van der Waals surface area contributed by atoms with E-state index in [1.807, 2.05) is 12.3 Å². The number of nitrogens with zero attached hydrogens (tertiary/aromatic N) is 2. The van der Waals surface area contributed by atoms with E-state index >= 15 is 0 Å². The molecule has 1 aliphatic heterocycles. The van der Waals surface area contributed by atoms with Crippen molar-refractivity contribution in [3.63, 3.8) is 0 Å². The maximum Gasteiger partial charge on any atom is 0.0776 e. The van der Waals surface area contributed by atoms with Crippen LogP contribution in [0.2, 0.25) is 0 Å². The third kappa shape index (κ3) is 4.20. The zero-order valence-electron chi connectivity index (χ0n) is 14.2. The molecule has 3 rings (SSSR count). The van der Waals surface area contributed by atoms with Crippen molar-refractivity contribution in [3.05, 3.63) is 66.0 Å². The molecule has 1 unspecified atom stereocenters. The highest BCUT2D eigenvalue weighted by Gasteiger charge is 2.27. The monoisotopic (exact) mass is 308 g/mol. The van der Waals surface area contributed by atoms with E-state index in [0.717, 1.165) is 5.92 Å². The van der Waals surface area contributed by atoms with Crippen molar-refractivity contribution in [1.29, 1.82) is 0 Å². The van der Waals surface area contributed by atoms with Gasteiger partial charge in [-0.25, -0.2) is 0 Å². The minimum atomic E-state index is 0.296. The summed E-state index contributed by atoms with van der Waals surface area (Å²) in [7, 11) is 0. The molecule has 0 radical (unpaired) electrons. The van der Waals surface area contributed by atoms with Gasteiger partial charge in [-0.1, -0.05) is 62.6 Å². The fraction of sp³-hybridized carbons (Fsp3) is 0.476. The summed E-state index contributed by atoms with van der Waals surface area (Å²) in [5.41, 5.74) is 2.53. The highest BCUT2D eigenvalue weighted by molar-refractivity contribution is 5.27. The summed E-state index contributed by atoms with van der Waals surface area (Å²) in [4.78, 5) is 7.28. The molecule has 122 valence electrons. The smallest absolute Gasteiger partial charge is 0.0776 e.